The summed E-state index contributed by atoms with van der Waals surface area (Å²) >= 11 is 0. The van der Waals surface area contributed by atoms with Gasteiger partial charge in [0.05, 0.1) is 18.8 Å². The van der Waals surface area contributed by atoms with Gasteiger partial charge in [-0.2, -0.15) is 0 Å². The van der Waals surface area contributed by atoms with Crippen molar-refractivity contribution in [1.82, 2.24) is 20.1 Å². The van der Waals surface area contributed by atoms with Gasteiger partial charge in [-0.3, -0.25) is 24.3 Å². The van der Waals surface area contributed by atoms with Crippen molar-refractivity contribution in [2.24, 2.45) is 0 Å². The van der Waals surface area contributed by atoms with E-state index in [9.17, 15) is 14.4 Å². The van der Waals surface area contributed by atoms with Crippen molar-refractivity contribution < 1.29 is 28.6 Å². The molecule has 1 atom stereocenters. The van der Waals surface area contributed by atoms with Crippen molar-refractivity contribution in [3.05, 3.63) is 89.2 Å². The number of hydrogen-bond acceptors (Lipinski definition) is 7. The number of piperidine rings is 1. The first kappa shape index (κ1) is 25.8. The summed E-state index contributed by atoms with van der Waals surface area (Å²) in [6, 6.07) is 17.1. The standard InChI is InChI=1S/C30H30N4O6/c1-20-5-7-21(8-6-20)29(37)34-24(27(35)32-17-23-4-2-3-13-31-23)18-40-30(34)11-14-33(15-12-30)28(36)22-9-10-25-26(16-22)39-19-38-25/h2-10,13,16,24H,11-12,14-15,17-19H2,1H3,(H,32,35). The number of hydrogen-bond donors (Lipinski definition) is 1. The van der Waals surface area contributed by atoms with E-state index in [1.165, 1.54) is 0 Å². The molecule has 0 aliphatic carbocycles. The summed E-state index contributed by atoms with van der Waals surface area (Å²) in [4.78, 5) is 48.2. The van der Waals surface area contributed by atoms with Gasteiger partial charge in [0.15, 0.2) is 11.5 Å². The first-order valence-electron chi connectivity index (χ1n) is 13.3. The van der Waals surface area contributed by atoms with Gasteiger partial charge >= 0.3 is 0 Å². The molecular formula is C30H30N4O6. The number of rotatable bonds is 5. The Bertz CT molecular complexity index is 1420. The first-order valence-corrected chi connectivity index (χ1v) is 13.3. The van der Waals surface area contributed by atoms with Crippen LogP contribution < -0.4 is 14.8 Å². The highest BCUT2D eigenvalue weighted by Gasteiger charge is 2.54. The van der Waals surface area contributed by atoms with E-state index in [1.54, 1.807) is 46.3 Å². The molecule has 3 aliphatic rings. The van der Waals surface area contributed by atoms with Crippen LogP contribution in [0.5, 0.6) is 11.5 Å². The molecule has 0 radical (unpaired) electrons. The summed E-state index contributed by atoms with van der Waals surface area (Å²) in [5, 5.41) is 2.92. The number of likely N-dealkylation sites (tertiary alicyclic amines) is 1. The Morgan fingerprint density at radius 1 is 0.950 bits per heavy atom. The highest BCUT2D eigenvalue weighted by Crippen LogP contribution is 2.39. The van der Waals surface area contributed by atoms with Gasteiger partial charge in [-0.05, 0) is 49.4 Å². The topological polar surface area (TPSA) is 110 Å². The fraction of sp³-hybridized carbons (Fsp3) is 0.333. The summed E-state index contributed by atoms with van der Waals surface area (Å²) in [6.45, 7) is 3.14. The molecule has 1 unspecified atom stereocenters. The normalized spacial score (nSPS) is 19.1. The Morgan fingerprint density at radius 2 is 1.70 bits per heavy atom. The molecule has 6 rings (SSSR count). The van der Waals surface area contributed by atoms with Crippen molar-refractivity contribution in [1.29, 1.82) is 0 Å². The third kappa shape index (κ3) is 4.86. The zero-order valence-electron chi connectivity index (χ0n) is 22.2. The SMILES string of the molecule is Cc1ccc(C(=O)N2C(C(=O)NCc3ccccn3)COC23CCN(C(=O)c2ccc4c(c2)OCO4)CC3)cc1. The Labute approximate surface area is 231 Å². The second-order valence-corrected chi connectivity index (χ2v) is 10.2. The molecule has 3 aromatic rings. The Balaban J connectivity index is 1.21. The summed E-state index contributed by atoms with van der Waals surface area (Å²) in [5.74, 6) is 0.458. The lowest BCUT2D eigenvalue weighted by Crippen LogP contribution is -2.59. The number of benzene rings is 2. The molecule has 40 heavy (non-hydrogen) atoms. The molecule has 2 fully saturated rings. The van der Waals surface area contributed by atoms with Crippen molar-refractivity contribution in [3.63, 3.8) is 0 Å². The maximum Gasteiger partial charge on any atom is 0.256 e. The number of aromatic nitrogens is 1. The number of carbonyl (C=O) groups excluding carboxylic acids is 3. The highest BCUT2D eigenvalue weighted by atomic mass is 16.7. The number of amides is 3. The molecule has 2 aromatic carbocycles. The fourth-order valence-corrected chi connectivity index (χ4v) is 5.47. The number of carbonyl (C=O) groups is 3. The average molecular weight is 543 g/mol. The van der Waals surface area contributed by atoms with E-state index in [0.717, 1.165) is 11.3 Å². The van der Waals surface area contributed by atoms with Crippen molar-refractivity contribution in [3.8, 4) is 11.5 Å². The number of nitrogens with one attached hydrogen (secondary N) is 1. The van der Waals surface area contributed by atoms with Gasteiger partial charge in [0, 0.05) is 43.3 Å². The molecule has 4 heterocycles. The summed E-state index contributed by atoms with van der Waals surface area (Å²) in [6.07, 6.45) is 2.43. The van der Waals surface area contributed by atoms with Gasteiger partial charge in [0.1, 0.15) is 11.8 Å². The van der Waals surface area contributed by atoms with Gasteiger partial charge in [-0.15, -0.1) is 0 Å². The van der Waals surface area contributed by atoms with E-state index < -0.39 is 11.8 Å². The lowest BCUT2D eigenvalue weighted by molar-refractivity contribution is -0.128. The second-order valence-electron chi connectivity index (χ2n) is 10.2. The molecule has 1 aromatic heterocycles. The zero-order valence-corrected chi connectivity index (χ0v) is 22.2. The number of ether oxygens (including phenoxy) is 3. The van der Waals surface area contributed by atoms with Crippen LogP contribution >= 0.6 is 0 Å². The molecule has 3 aliphatic heterocycles. The molecule has 2 saturated heterocycles. The van der Waals surface area contributed by atoms with Gasteiger partial charge in [0.2, 0.25) is 12.7 Å². The largest absolute Gasteiger partial charge is 0.454 e. The van der Waals surface area contributed by atoms with E-state index in [0.29, 0.717) is 48.6 Å². The van der Waals surface area contributed by atoms with Crippen molar-refractivity contribution in [2.75, 3.05) is 26.5 Å². The molecule has 1 spiro atoms. The predicted molar refractivity (Wildman–Crippen MR) is 144 cm³/mol. The molecule has 10 heteroatoms. The quantitative estimate of drug-likeness (QED) is 0.528. The van der Waals surface area contributed by atoms with Crippen molar-refractivity contribution in [2.45, 2.75) is 38.1 Å². The molecule has 1 N–H and O–H groups in total. The summed E-state index contributed by atoms with van der Waals surface area (Å²) in [5.41, 5.74) is 1.74. The van der Waals surface area contributed by atoms with Gasteiger partial charge in [-0.25, -0.2) is 0 Å². The van der Waals surface area contributed by atoms with Gasteiger partial charge < -0.3 is 24.4 Å². The third-order valence-corrected chi connectivity index (χ3v) is 7.70. The molecule has 3 amide bonds. The van der Waals surface area contributed by atoms with E-state index in [1.807, 2.05) is 37.3 Å². The van der Waals surface area contributed by atoms with E-state index in [2.05, 4.69) is 10.3 Å². The minimum atomic E-state index is -0.999. The Morgan fingerprint density at radius 3 is 2.45 bits per heavy atom. The van der Waals surface area contributed by atoms with Crippen LogP contribution in [0.15, 0.2) is 66.9 Å². The number of aryl methyl sites for hydroxylation is 1. The predicted octanol–water partition coefficient (Wildman–Crippen LogP) is 2.91. The van der Waals surface area contributed by atoms with Gasteiger partial charge in [-0.1, -0.05) is 23.8 Å². The number of nitrogens with zero attached hydrogens (tertiary/aromatic N) is 3. The lowest BCUT2D eigenvalue weighted by atomic mass is 9.96. The maximum absolute atomic E-state index is 13.9. The summed E-state index contributed by atoms with van der Waals surface area (Å²) in [7, 11) is 0. The number of fused-ring (bicyclic) bond motifs is 1. The first-order chi connectivity index (χ1) is 19.4. The van der Waals surface area contributed by atoms with Crippen LogP contribution in [0.3, 0.4) is 0 Å². The molecular weight excluding hydrogens is 512 g/mol. The van der Waals surface area contributed by atoms with Crippen molar-refractivity contribution >= 4 is 17.7 Å². The van der Waals surface area contributed by atoms with Crippen LogP contribution in [0, 0.1) is 6.92 Å². The third-order valence-electron chi connectivity index (χ3n) is 7.70. The van der Waals surface area contributed by atoms with Crippen LogP contribution in [0.1, 0.15) is 44.8 Å². The zero-order chi connectivity index (χ0) is 27.7. The number of pyridine rings is 1. The van der Waals surface area contributed by atoms with Crippen LogP contribution in [0.25, 0.3) is 0 Å². The molecule has 0 bridgehead atoms. The minimum Gasteiger partial charge on any atom is -0.454 e. The molecule has 0 saturated carbocycles. The fourth-order valence-electron chi connectivity index (χ4n) is 5.47. The highest BCUT2D eigenvalue weighted by molar-refractivity contribution is 5.99. The molecule has 10 nitrogen and oxygen atoms in total. The monoisotopic (exact) mass is 542 g/mol. The lowest BCUT2D eigenvalue weighted by Gasteiger charge is -2.44. The van der Waals surface area contributed by atoms with E-state index in [-0.39, 0.29) is 37.7 Å². The minimum absolute atomic E-state index is 0.0712. The smallest absolute Gasteiger partial charge is 0.256 e. The van der Waals surface area contributed by atoms with E-state index >= 15 is 0 Å². The van der Waals surface area contributed by atoms with Crippen LogP contribution in [-0.4, -0.2) is 70.8 Å². The van der Waals surface area contributed by atoms with E-state index in [4.69, 9.17) is 14.2 Å². The maximum atomic E-state index is 13.9. The molecule has 206 valence electrons. The second kappa shape index (κ2) is 10.6. The summed E-state index contributed by atoms with van der Waals surface area (Å²) < 4.78 is 17.1. The van der Waals surface area contributed by atoms with Gasteiger partial charge in [0.25, 0.3) is 11.8 Å². The van der Waals surface area contributed by atoms with Crippen LogP contribution in [-0.2, 0) is 16.1 Å². The van der Waals surface area contributed by atoms with Crippen LogP contribution in [0.2, 0.25) is 0 Å². The Kier molecular flexibility index (Phi) is 6.85. The Hall–Kier alpha value is -4.44. The average Bonchev–Trinajstić information content (AvgIpc) is 3.61. The van der Waals surface area contributed by atoms with Crippen LogP contribution in [0.4, 0.5) is 0 Å².